The molecule has 176 valence electrons. The number of rotatable bonds is 9. The number of ether oxygens (including phenoxy) is 3. The van der Waals surface area contributed by atoms with E-state index in [2.05, 4.69) is 20.2 Å². The molecule has 4 rings (SSSR count). The van der Waals surface area contributed by atoms with Crippen LogP contribution in [-0.2, 0) is 4.74 Å². The molecule has 0 radical (unpaired) electrons. The van der Waals surface area contributed by atoms with E-state index in [1.54, 1.807) is 7.11 Å². The molecule has 33 heavy (non-hydrogen) atoms. The average Bonchev–Trinajstić information content (AvgIpc) is 2.82. The van der Waals surface area contributed by atoms with Crippen LogP contribution in [0, 0.1) is 0 Å². The number of H-pyrrole nitrogens is 1. The molecule has 0 saturated carbocycles. The Morgan fingerprint density at radius 2 is 1.94 bits per heavy atom. The van der Waals surface area contributed by atoms with Gasteiger partial charge >= 0.3 is 0 Å². The van der Waals surface area contributed by atoms with Crippen molar-refractivity contribution in [2.45, 2.75) is 12.8 Å². The number of methoxy groups -OCH3 is 1. The molecule has 0 bridgehead atoms. The zero-order chi connectivity index (χ0) is 23.2. The van der Waals surface area contributed by atoms with Crippen molar-refractivity contribution in [3.8, 4) is 11.5 Å². The van der Waals surface area contributed by atoms with Crippen molar-refractivity contribution >= 4 is 45.5 Å². The molecule has 1 saturated heterocycles. The number of benzene rings is 1. The fourth-order valence-electron chi connectivity index (χ4n) is 3.79. The van der Waals surface area contributed by atoms with Crippen molar-refractivity contribution in [3.05, 3.63) is 51.0 Å². The smallest absolute Gasteiger partial charge is 0.250 e. The minimum atomic E-state index is -0.295. The van der Waals surface area contributed by atoms with E-state index in [4.69, 9.17) is 37.4 Å². The average molecular weight is 493 g/mol. The van der Waals surface area contributed by atoms with Gasteiger partial charge in [0.25, 0.3) is 5.56 Å². The molecule has 1 aromatic carbocycles. The normalized spacial score (nSPS) is 14.4. The third-order valence-electron chi connectivity index (χ3n) is 5.49. The monoisotopic (exact) mass is 492 g/mol. The molecule has 10 heteroatoms. The number of hydrogen-bond acceptors (Lipinski definition) is 7. The number of fused-ring (bicyclic) bond motifs is 1. The molecule has 0 spiro atoms. The fourth-order valence-corrected chi connectivity index (χ4v) is 4.25. The minimum Gasteiger partial charge on any atom is -0.493 e. The van der Waals surface area contributed by atoms with Gasteiger partial charge in [-0.2, -0.15) is 0 Å². The Hall–Kier alpha value is -2.52. The van der Waals surface area contributed by atoms with E-state index in [9.17, 15) is 4.79 Å². The van der Waals surface area contributed by atoms with Gasteiger partial charge in [-0.1, -0.05) is 23.2 Å². The molecule has 1 aliphatic heterocycles. The predicted octanol–water partition coefficient (Wildman–Crippen LogP) is 4.47. The lowest BCUT2D eigenvalue weighted by Crippen LogP contribution is -2.36. The number of aromatic nitrogens is 2. The van der Waals surface area contributed by atoms with Crippen molar-refractivity contribution in [1.82, 2.24) is 14.9 Å². The largest absolute Gasteiger partial charge is 0.493 e. The molecule has 0 atom stereocenters. The van der Waals surface area contributed by atoms with Crippen molar-refractivity contribution in [3.63, 3.8) is 0 Å². The van der Waals surface area contributed by atoms with E-state index in [1.165, 1.54) is 18.5 Å². The third kappa shape index (κ3) is 5.70. The summed E-state index contributed by atoms with van der Waals surface area (Å²) in [5.41, 5.74) is 1.26. The Morgan fingerprint density at radius 1 is 1.18 bits per heavy atom. The van der Waals surface area contributed by atoms with Gasteiger partial charge in [-0.15, -0.1) is 0 Å². The van der Waals surface area contributed by atoms with Crippen molar-refractivity contribution in [2.75, 3.05) is 51.9 Å². The van der Waals surface area contributed by atoms with E-state index in [1.807, 2.05) is 12.1 Å². The van der Waals surface area contributed by atoms with Crippen molar-refractivity contribution < 1.29 is 14.2 Å². The summed E-state index contributed by atoms with van der Waals surface area (Å²) in [5, 5.41) is 4.60. The minimum absolute atomic E-state index is 0.295. The number of halogens is 2. The predicted molar refractivity (Wildman–Crippen MR) is 131 cm³/mol. The first-order chi connectivity index (χ1) is 16.1. The highest BCUT2D eigenvalue weighted by atomic mass is 35.5. The van der Waals surface area contributed by atoms with Crippen LogP contribution < -0.4 is 20.3 Å². The highest BCUT2D eigenvalue weighted by Gasteiger charge is 2.16. The molecule has 0 aliphatic carbocycles. The van der Waals surface area contributed by atoms with Crippen molar-refractivity contribution in [1.29, 1.82) is 0 Å². The van der Waals surface area contributed by atoms with Gasteiger partial charge in [-0.05, 0) is 31.5 Å². The highest BCUT2D eigenvalue weighted by Crippen LogP contribution is 2.39. The first-order valence-corrected chi connectivity index (χ1v) is 11.6. The number of nitrogens with zero attached hydrogens (tertiary/aromatic N) is 2. The van der Waals surface area contributed by atoms with E-state index in [0.29, 0.717) is 45.0 Å². The highest BCUT2D eigenvalue weighted by molar-refractivity contribution is 6.39. The van der Waals surface area contributed by atoms with Crippen LogP contribution in [0.5, 0.6) is 11.5 Å². The lowest BCUT2D eigenvalue weighted by Gasteiger charge is -2.26. The van der Waals surface area contributed by atoms with Crippen LogP contribution in [0.1, 0.15) is 12.8 Å². The van der Waals surface area contributed by atoms with E-state index >= 15 is 0 Å². The summed E-state index contributed by atoms with van der Waals surface area (Å²) in [5.74, 6) is 1.04. The van der Waals surface area contributed by atoms with Crippen molar-refractivity contribution in [2.24, 2.45) is 0 Å². The molecule has 2 aromatic heterocycles. The van der Waals surface area contributed by atoms with Gasteiger partial charge in [-0.25, -0.2) is 0 Å². The number of morpholine rings is 1. The molecule has 8 nitrogen and oxygen atoms in total. The molecule has 0 unspecified atom stereocenters. The van der Waals surface area contributed by atoms with Crippen LogP contribution in [-0.4, -0.2) is 61.4 Å². The standard InChI is InChI=1S/C23H26Cl2N4O4/c1-31-19-5-4-15-18(27-22-16(24)13-26-14-17(22)25)12-20(30)28-21(15)23(19)33-9-3-2-6-29-7-10-32-11-8-29/h4-5,12-14H,2-3,6-11H2,1H3,(H2,26,27,28,30). The van der Waals surface area contributed by atoms with Crippen LogP contribution in [0.2, 0.25) is 10.0 Å². The van der Waals surface area contributed by atoms with Crippen LogP contribution in [0.3, 0.4) is 0 Å². The van der Waals surface area contributed by atoms with E-state index in [0.717, 1.165) is 51.1 Å². The Kier molecular flexibility index (Phi) is 7.93. The zero-order valence-corrected chi connectivity index (χ0v) is 19.8. The summed E-state index contributed by atoms with van der Waals surface area (Å²) in [4.78, 5) is 21.7. The van der Waals surface area contributed by atoms with Crippen LogP contribution in [0.25, 0.3) is 10.9 Å². The molecule has 2 N–H and O–H groups in total. The number of anilines is 2. The maximum Gasteiger partial charge on any atom is 0.250 e. The number of unbranched alkanes of at least 4 members (excludes halogenated alkanes) is 1. The first kappa shape index (κ1) is 23.6. The zero-order valence-electron chi connectivity index (χ0n) is 18.3. The van der Waals surface area contributed by atoms with Gasteiger partial charge in [0.15, 0.2) is 11.5 Å². The molecular formula is C23H26Cl2N4O4. The summed E-state index contributed by atoms with van der Waals surface area (Å²) in [7, 11) is 1.57. The summed E-state index contributed by atoms with van der Waals surface area (Å²) in [6.07, 6.45) is 4.86. The Morgan fingerprint density at radius 3 is 2.67 bits per heavy atom. The second-order valence-electron chi connectivity index (χ2n) is 7.68. The van der Waals surface area contributed by atoms with Gasteiger partial charge in [0.1, 0.15) is 0 Å². The number of pyridine rings is 2. The maximum absolute atomic E-state index is 12.5. The lowest BCUT2D eigenvalue weighted by molar-refractivity contribution is 0.0368. The third-order valence-corrected chi connectivity index (χ3v) is 6.06. The Bertz CT molecular complexity index is 1140. The number of aromatic amines is 1. The Labute approximate surface area is 201 Å². The van der Waals surface area contributed by atoms with Gasteiger partial charge in [0.2, 0.25) is 0 Å². The Balaban J connectivity index is 1.55. The van der Waals surface area contributed by atoms with E-state index in [-0.39, 0.29) is 5.56 Å². The van der Waals surface area contributed by atoms with Gasteiger partial charge < -0.3 is 24.5 Å². The summed E-state index contributed by atoms with van der Waals surface area (Å²) in [6, 6.07) is 5.11. The second kappa shape index (κ2) is 11.1. The topological polar surface area (TPSA) is 88.7 Å². The van der Waals surface area contributed by atoms with Crippen LogP contribution in [0.15, 0.2) is 35.4 Å². The maximum atomic E-state index is 12.5. The van der Waals surface area contributed by atoms with Crippen LogP contribution in [0.4, 0.5) is 11.4 Å². The lowest BCUT2D eigenvalue weighted by atomic mass is 10.1. The van der Waals surface area contributed by atoms with E-state index < -0.39 is 0 Å². The second-order valence-corrected chi connectivity index (χ2v) is 8.49. The number of hydrogen-bond donors (Lipinski definition) is 2. The molecule has 0 amide bonds. The quantitative estimate of drug-likeness (QED) is 0.425. The summed E-state index contributed by atoms with van der Waals surface area (Å²) < 4.78 is 17.0. The molecule has 3 heterocycles. The first-order valence-electron chi connectivity index (χ1n) is 10.8. The van der Waals surface area contributed by atoms with Gasteiger partial charge in [0, 0.05) is 36.9 Å². The molecule has 3 aromatic rings. The summed E-state index contributed by atoms with van der Waals surface area (Å²) in [6.45, 7) is 5.05. The van der Waals surface area contributed by atoms with Crippen LogP contribution >= 0.6 is 23.2 Å². The fraction of sp³-hybridized carbons (Fsp3) is 0.391. The summed E-state index contributed by atoms with van der Waals surface area (Å²) >= 11 is 12.5. The number of nitrogens with one attached hydrogen (secondary N) is 2. The molecular weight excluding hydrogens is 467 g/mol. The molecule has 1 aliphatic rings. The van der Waals surface area contributed by atoms with Gasteiger partial charge in [0.05, 0.1) is 53.9 Å². The SMILES string of the molecule is COc1ccc2c(Nc3c(Cl)cncc3Cl)cc(=O)[nH]c2c1OCCCCN1CCOCC1. The molecule has 1 fully saturated rings. The van der Waals surface area contributed by atoms with Gasteiger partial charge in [-0.3, -0.25) is 14.7 Å².